The summed E-state index contributed by atoms with van der Waals surface area (Å²) in [6.07, 6.45) is 0.267. The molecule has 0 heterocycles. The van der Waals surface area contributed by atoms with Crippen molar-refractivity contribution in [2.45, 2.75) is 49.9 Å². The Hall–Kier alpha value is -3.65. The Morgan fingerprint density at radius 3 is 1.83 bits per heavy atom. The summed E-state index contributed by atoms with van der Waals surface area (Å²) in [5.74, 6) is -6.65. The van der Waals surface area contributed by atoms with Crippen molar-refractivity contribution in [3.63, 3.8) is 0 Å². The number of hydrogen-bond donors (Lipinski definition) is 7. The van der Waals surface area contributed by atoms with Crippen LogP contribution < -0.4 is 21.7 Å². The molecule has 1 aromatic rings. The summed E-state index contributed by atoms with van der Waals surface area (Å²) in [4.78, 5) is 71.8. The lowest BCUT2D eigenvalue weighted by atomic mass is 10.0. The molecule has 0 saturated carbocycles. The highest BCUT2D eigenvalue weighted by Gasteiger charge is 2.32. The zero-order valence-electron chi connectivity index (χ0n) is 19.5. The van der Waals surface area contributed by atoms with E-state index in [4.69, 9.17) is 10.8 Å². The summed E-state index contributed by atoms with van der Waals surface area (Å²) in [6.45, 7) is 0. The van der Waals surface area contributed by atoms with Crippen LogP contribution in [-0.2, 0) is 35.2 Å². The van der Waals surface area contributed by atoms with Crippen LogP contribution in [0, 0.1) is 0 Å². The van der Waals surface area contributed by atoms with Gasteiger partial charge in [0.15, 0.2) is 0 Å². The van der Waals surface area contributed by atoms with E-state index < -0.39 is 72.6 Å². The molecule has 3 amide bonds. The Bertz CT molecular complexity index is 945. The summed E-state index contributed by atoms with van der Waals surface area (Å²) in [5.41, 5.74) is 6.36. The molecular weight excluding hydrogens is 496 g/mol. The van der Waals surface area contributed by atoms with Crippen molar-refractivity contribution >= 4 is 47.4 Å². The third kappa shape index (κ3) is 11.2. The number of carboxylic acid groups (broad SMARTS) is 3. The van der Waals surface area contributed by atoms with Crippen LogP contribution in [0.15, 0.2) is 30.3 Å². The van der Waals surface area contributed by atoms with Crippen molar-refractivity contribution in [2.24, 2.45) is 5.73 Å². The molecule has 0 saturated heterocycles. The van der Waals surface area contributed by atoms with Gasteiger partial charge >= 0.3 is 17.9 Å². The van der Waals surface area contributed by atoms with Crippen LogP contribution >= 0.6 is 11.8 Å². The van der Waals surface area contributed by atoms with E-state index in [1.807, 2.05) is 6.26 Å². The first kappa shape index (κ1) is 30.4. The van der Waals surface area contributed by atoms with E-state index >= 15 is 0 Å². The average molecular weight is 527 g/mol. The van der Waals surface area contributed by atoms with E-state index in [0.717, 1.165) is 0 Å². The van der Waals surface area contributed by atoms with Gasteiger partial charge in [-0.3, -0.25) is 24.0 Å². The van der Waals surface area contributed by atoms with E-state index in [1.54, 1.807) is 30.3 Å². The Labute approximate surface area is 211 Å². The Kier molecular flexibility index (Phi) is 13.0. The normalized spacial score (nSPS) is 13.9. The quantitative estimate of drug-likeness (QED) is 0.135. The lowest BCUT2D eigenvalue weighted by molar-refractivity contribution is -0.147. The van der Waals surface area contributed by atoms with E-state index in [0.29, 0.717) is 11.3 Å². The minimum atomic E-state index is -1.77. The molecule has 4 unspecified atom stereocenters. The fraction of sp³-hybridized carbons (Fsp3) is 0.455. The van der Waals surface area contributed by atoms with Gasteiger partial charge in [0, 0.05) is 6.42 Å². The Morgan fingerprint density at radius 2 is 1.31 bits per heavy atom. The summed E-state index contributed by atoms with van der Waals surface area (Å²) in [5, 5.41) is 34.0. The number of aliphatic carboxylic acids is 3. The Balaban J connectivity index is 3.11. The van der Waals surface area contributed by atoms with E-state index in [-0.39, 0.29) is 12.8 Å². The van der Waals surface area contributed by atoms with Gasteiger partial charge in [-0.2, -0.15) is 11.8 Å². The second-order valence-corrected chi connectivity index (χ2v) is 8.78. The van der Waals surface area contributed by atoms with Crippen LogP contribution in [0.4, 0.5) is 0 Å². The molecular formula is C22H30N4O9S. The largest absolute Gasteiger partial charge is 0.481 e. The van der Waals surface area contributed by atoms with Crippen LogP contribution in [0.5, 0.6) is 0 Å². The van der Waals surface area contributed by atoms with E-state index in [1.165, 1.54) is 11.8 Å². The van der Waals surface area contributed by atoms with Crippen LogP contribution in [0.2, 0.25) is 0 Å². The summed E-state index contributed by atoms with van der Waals surface area (Å²) >= 11 is 1.45. The fourth-order valence-corrected chi connectivity index (χ4v) is 3.51. The highest BCUT2D eigenvalue weighted by molar-refractivity contribution is 7.98. The van der Waals surface area contributed by atoms with Crippen molar-refractivity contribution in [2.75, 3.05) is 12.0 Å². The molecule has 0 fully saturated rings. The second kappa shape index (κ2) is 15.4. The highest BCUT2D eigenvalue weighted by atomic mass is 32.2. The fourth-order valence-electron chi connectivity index (χ4n) is 3.02. The summed E-state index contributed by atoms with van der Waals surface area (Å²) in [7, 11) is 0. The number of benzene rings is 1. The third-order valence-corrected chi connectivity index (χ3v) is 5.53. The second-order valence-electron chi connectivity index (χ2n) is 7.80. The summed E-state index contributed by atoms with van der Waals surface area (Å²) < 4.78 is 0. The molecule has 0 aliphatic carbocycles. The number of thioether (sulfide) groups is 1. The maximum Gasteiger partial charge on any atom is 0.326 e. The first-order valence-electron chi connectivity index (χ1n) is 10.8. The van der Waals surface area contributed by atoms with Crippen LogP contribution in [0.25, 0.3) is 0 Å². The van der Waals surface area contributed by atoms with Crippen LogP contribution in [0.3, 0.4) is 0 Å². The van der Waals surface area contributed by atoms with Crippen molar-refractivity contribution in [1.29, 1.82) is 0 Å². The van der Waals surface area contributed by atoms with Crippen molar-refractivity contribution in [1.82, 2.24) is 16.0 Å². The van der Waals surface area contributed by atoms with Crippen LogP contribution in [0.1, 0.15) is 24.8 Å². The predicted molar refractivity (Wildman–Crippen MR) is 129 cm³/mol. The highest BCUT2D eigenvalue weighted by Crippen LogP contribution is 2.07. The van der Waals surface area contributed by atoms with Crippen molar-refractivity contribution in [3.05, 3.63) is 35.9 Å². The molecule has 1 rings (SSSR count). The van der Waals surface area contributed by atoms with E-state index in [2.05, 4.69) is 16.0 Å². The molecule has 4 atom stereocenters. The zero-order chi connectivity index (χ0) is 27.3. The number of amides is 3. The minimum absolute atomic E-state index is 0.126. The van der Waals surface area contributed by atoms with Gasteiger partial charge in [0.05, 0.1) is 18.9 Å². The van der Waals surface area contributed by atoms with Gasteiger partial charge in [0.25, 0.3) is 0 Å². The molecule has 0 spiro atoms. The smallest absolute Gasteiger partial charge is 0.326 e. The SMILES string of the molecule is CSCCC(N)C(=O)NC(CC(=O)O)C(=O)NC(Cc1ccccc1)C(=O)NC(CC(=O)O)C(=O)O. The molecule has 8 N–H and O–H groups in total. The molecule has 0 aliphatic heterocycles. The predicted octanol–water partition coefficient (Wildman–Crippen LogP) is -1.20. The minimum Gasteiger partial charge on any atom is -0.481 e. The van der Waals surface area contributed by atoms with Crippen molar-refractivity contribution < 1.29 is 44.1 Å². The van der Waals surface area contributed by atoms with Crippen molar-refractivity contribution in [3.8, 4) is 0 Å². The van der Waals surface area contributed by atoms with Gasteiger partial charge in [-0.15, -0.1) is 0 Å². The molecule has 1 aromatic carbocycles. The molecule has 0 bridgehead atoms. The van der Waals surface area contributed by atoms with Crippen LogP contribution in [-0.4, -0.2) is 87.1 Å². The van der Waals surface area contributed by atoms with E-state index in [9.17, 15) is 39.0 Å². The average Bonchev–Trinajstić information content (AvgIpc) is 2.80. The summed E-state index contributed by atoms with van der Waals surface area (Å²) in [6, 6.07) is 2.58. The number of carbonyl (C=O) groups excluding carboxylic acids is 3. The number of nitrogens with two attached hydrogens (primary N) is 1. The van der Waals surface area contributed by atoms with Gasteiger partial charge < -0.3 is 37.0 Å². The van der Waals surface area contributed by atoms with Gasteiger partial charge in [-0.05, 0) is 24.0 Å². The van der Waals surface area contributed by atoms with Gasteiger partial charge in [-0.1, -0.05) is 30.3 Å². The molecule has 0 aromatic heterocycles. The lowest BCUT2D eigenvalue weighted by Gasteiger charge is -2.24. The number of hydrogen-bond acceptors (Lipinski definition) is 8. The number of carbonyl (C=O) groups is 6. The molecule has 198 valence electrons. The lowest BCUT2D eigenvalue weighted by Crippen LogP contribution is -2.58. The number of rotatable bonds is 16. The van der Waals surface area contributed by atoms with Gasteiger partial charge in [0.2, 0.25) is 17.7 Å². The molecule has 0 radical (unpaired) electrons. The van der Waals surface area contributed by atoms with Gasteiger partial charge in [0.1, 0.15) is 18.1 Å². The third-order valence-electron chi connectivity index (χ3n) is 4.89. The molecule has 13 nitrogen and oxygen atoms in total. The molecule has 0 aliphatic rings. The number of nitrogens with one attached hydrogen (secondary N) is 3. The number of carboxylic acids is 3. The maximum absolute atomic E-state index is 12.9. The first-order valence-corrected chi connectivity index (χ1v) is 12.2. The molecule has 14 heteroatoms. The monoisotopic (exact) mass is 526 g/mol. The molecule has 36 heavy (non-hydrogen) atoms. The van der Waals surface area contributed by atoms with Gasteiger partial charge in [-0.25, -0.2) is 4.79 Å². The Morgan fingerprint density at radius 1 is 0.806 bits per heavy atom. The zero-order valence-corrected chi connectivity index (χ0v) is 20.3. The topological polar surface area (TPSA) is 225 Å². The first-order chi connectivity index (χ1) is 16.9. The maximum atomic E-state index is 12.9. The standard InChI is InChI=1S/C22H30N4O9S/c1-36-8-7-13(23)19(31)24-15(10-17(27)28)21(33)25-14(9-12-5-3-2-4-6-12)20(32)26-16(22(34)35)11-18(29)30/h2-6,13-16H,7-11,23H2,1H3,(H,24,31)(H,25,33)(H,26,32)(H,27,28)(H,29,30)(H,34,35).